The van der Waals surface area contributed by atoms with Crippen molar-refractivity contribution in [2.45, 2.75) is 44.6 Å². The van der Waals surface area contributed by atoms with Crippen molar-refractivity contribution in [2.75, 3.05) is 19.6 Å². The van der Waals surface area contributed by atoms with Gasteiger partial charge in [-0.05, 0) is 61.7 Å². The zero-order chi connectivity index (χ0) is 10.8. The molecule has 4 saturated carbocycles. The van der Waals surface area contributed by atoms with Gasteiger partial charge in [-0.2, -0.15) is 0 Å². The summed E-state index contributed by atoms with van der Waals surface area (Å²) in [6.45, 7) is 3.19. The second-order valence-corrected chi connectivity index (χ2v) is 7.27. The lowest BCUT2D eigenvalue weighted by Crippen LogP contribution is -2.58. The zero-order valence-electron chi connectivity index (χ0n) is 10.1. The Morgan fingerprint density at radius 2 is 1.44 bits per heavy atom. The summed E-state index contributed by atoms with van der Waals surface area (Å²) >= 11 is 0. The van der Waals surface area contributed by atoms with Crippen molar-refractivity contribution in [3.8, 4) is 0 Å². The molecule has 0 spiro atoms. The molecule has 4 aliphatic carbocycles. The van der Waals surface area contributed by atoms with Gasteiger partial charge >= 0.3 is 0 Å². The van der Waals surface area contributed by atoms with Crippen molar-refractivity contribution < 1.29 is 5.11 Å². The fourth-order valence-electron chi connectivity index (χ4n) is 5.63. The second-order valence-electron chi connectivity index (χ2n) is 7.27. The van der Waals surface area contributed by atoms with Crippen LogP contribution in [-0.4, -0.2) is 35.7 Å². The summed E-state index contributed by atoms with van der Waals surface area (Å²) in [4.78, 5) is 2.50. The Morgan fingerprint density at radius 3 is 1.88 bits per heavy atom. The molecule has 1 saturated heterocycles. The smallest absolute Gasteiger partial charge is 0.0793 e. The molecule has 1 aliphatic heterocycles. The number of β-amino-alcohol motifs (C(OH)–C–C–N with tert-alkyl or cyclic N) is 1. The Hall–Kier alpha value is -0.0800. The average Bonchev–Trinajstić information content (AvgIpc) is 2.12. The average molecular weight is 221 g/mol. The van der Waals surface area contributed by atoms with E-state index in [1.165, 1.54) is 25.8 Å². The van der Waals surface area contributed by atoms with Gasteiger partial charge in [0.25, 0.3) is 0 Å². The van der Waals surface area contributed by atoms with E-state index in [-0.39, 0.29) is 6.10 Å². The Balaban J connectivity index is 1.49. The third-order valence-corrected chi connectivity index (χ3v) is 5.66. The first-order valence-corrected chi connectivity index (χ1v) is 7.11. The molecule has 5 fully saturated rings. The standard InChI is InChI=1S/C14H23NO/c16-13-7-15(8-13)9-14-4-10-1-11(5-14)3-12(2-10)6-14/h10-13,16H,1-9H2. The number of rotatable bonds is 2. The van der Waals surface area contributed by atoms with Crippen LogP contribution >= 0.6 is 0 Å². The topological polar surface area (TPSA) is 23.5 Å². The fourth-order valence-corrected chi connectivity index (χ4v) is 5.63. The number of hydrogen-bond donors (Lipinski definition) is 1. The van der Waals surface area contributed by atoms with E-state index in [4.69, 9.17) is 0 Å². The van der Waals surface area contributed by atoms with E-state index in [0.29, 0.717) is 5.41 Å². The van der Waals surface area contributed by atoms with Gasteiger partial charge in [0.1, 0.15) is 0 Å². The Morgan fingerprint density at radius 1 is 0.938 bits per heavy atom. The van der Waals surface area contributed by atoms with Crippen molar-refractivity contribution in [3.63, 3.8) is 0 Å². The first kappa shape index (κ1) is 9.90. The van der Waals surface area contributed by atoms with Crippen molar-refractivity contribution >= 4 is 0 Å². The molecule has 0 unspecified atom stereocenters. The molecule has 1 N–H and O–H groups in total. The van der Waals surface area contributed by atoms with Crippen LogP contribution in [-0.2, 0) is 0 Å². The van der Waals surface area contributed by atoms with Crippen LogP contribution in [0.2, 0.25) is 0 Å². The van der Waals surface area contributed by atoms with Crippen LogP contribution in [0, 0.1) is 23.2 Å². The highest BCUT2D eigenvalue weighted by Gasteiger charge is 2.51. The number of likely N-dealkylation sites (tertiary alicyclic amines) is 1. The molecule has 0 aromatic rings. The third kappa shape index (κ3) is 1.46. The second kappa shape index (κ2) is 3.23. The normalized spacial score (nSPS) is 51.9. The van der Waals surface area contributed by atoms with Crippen molar-refractivity contribution in [1.82, 2.24) is 4.90 Å². The molecule has 16 heavy (non-hydrogen) atoms. The van der Waals surface area contributed by atoms with Gasteiger partial charge in [0, 0.05) is 19.6 Å². The van der Waals surface area contributed by atoms with Gasteiger partial charge in [0.05, 0.1) is 6.10 Å². The van der Waals surface area contributed by atoms with Crippen LogP contribution in [0.4, 0.5) is 0 Å². The van der Waals surface area contributed by atoms with Crippen molar-refractivity contribution in [1.29, 1.82) is 0 Å². The van der Waals surface area contributed by atoms with Crippen molar-refractivity contribution in [2.24, 2.45) is 23.2 Å². The van der Waals surface area contributed by atoms with E-state index in [0.717, 1.165) is 30.8 Å². The number of aliphatic hydroxyl groups excluding tert-OH is 1. The van der Waals surface area contributed by atoms with Gasteiger partial charge in [0.2, 0.25) is 0 Å². The van der Waals surface area contributed by atoms with Crippen LogP contribution in [0.15, 0.2) is 0 Å². The van der Waals surface area contributed by atoms with Gasteiger partial charge in [-0.25, -0.2) is 0 Å². The SMILES string of the molecule is OC1CN(CC23CC4CC(CC(C4)C2)C3)C1. The van der Waals surface area contributed by atoms with E-state index >= 15 is 0 Å². The summed E-state index contributed by atoms with van der Waals surface area (Å²) in [5.41, 5.74) is 0.675. The molecular formula is C14H23NO. The molecule has 0 radical (unpaired) electrons. The molecule has 90 valence electrons. The monoisotopic (exact) mass is 221 g/mol. The molecular weight excluding hydrogens is 198 g/mol. The van der Waals surface area contributed by atoms with E-state index in [1.54, 1.807) is 19.3 Å². The minimum atomic E-state index is -0.0195. The van der Waals surface area contributed by atoms with E-state index < -0.39 is 0 Å². The maximum Gasteiger partial charge on any atom is 0.0793 e. The lowest BCUT2D eigenvalue weighted by atomic mass is 9.49. The first-order valence-electron chi connectivity index (χ1n) is 7.11. The van der Waals surface area contributed by atoms with E-state index in [1.807, 2.05) is 0 Å². The number of nitrogens with zero attached hydrogens (tertiary/aromatic N) is 1. The molecule has 5 rings (SSSR count). The van der Waals surface area contributed by atoms with Gasteiger partial charge in [-0.3, -0.25) is 4.90 Å². The first-order chi connectivity index (χ1) is 7.71. The van der Waals surface area contributed by atoms with Gasteiger partial charge in [-0.15, -0.1) is 0 Å². The number of aliphatic hydroxyl groups is 1. The maximum absolute atomic E-state index is 9.39. The molecule has 2 heteroatoms. The quantitative estimate of drug-likeness (QED) is 0.769. The summed E-state index contributed by atoms with van der Waals surface area (Å²) in [5.74, 6) is 3.20. The van der Waals surface area contributed by atoms with Crippen LogP contribution < -0.4 is 0 Å². The summed E-state index contributed by atoms with van der Waals surface area (Å²) in [6.07, 6.45) is 9.13. The fraction of sp³-hybridized carbons (Fsp3) is 1.00. The molecule has 0 aromatic heterocycles. The molecule has 0 aromatic carbocycles. The Labute approximate surface area is 98.0 Å². The van der Waals surface area contributed by atoms with E-state index in [2.05, 4.69) is 4.90 Å². The minimum Gasteiger partial charge on any atom is -0.390 e. The lowest BCUT2D eigenvalue weighted by Gasteiger charge is -2.59. The highest BCUT2D eigenvalue weighted by atomic mass is 16.3. The Kier molecular flexibility index (Phi) is 2.00. The largest absolute Gasteiger partial charge is 0.390 e. The minimum absolute atomic E-state index is 0.0195. The van der Waals surface area contributed by atoms with Crippen LogP contribution in [0.25, 0.3) is 0 Å². The van der Waals surface area contributed by atoms with E-state index in [9.17, 15) is 5.11 Å². The summed E-state index contributed by atoms with van der Waals surface area (Å²) in [5, 5.41) is 9.39. The molecule has 2 nitrogen and oxygen atoms in total. The summed E-state index contributed by atoms with van der Waals surface area (Å²) < 4.78 is 0. The van der Waals surface area contributed by atoms with Crippen molar-refractivity contribution in [3.05, 3.63) is 0 Å². The summed E-state index contributed by atoms with van der Waals surface area (Å²) in [6, 6.07) is 0. The molecule has 1 heterocycles. The van der Waals surface area contributed by atoms with Crippen LogP contribution in [0.3, 0.4) is 0 Å². The predicted octanol–water partition coefficient (Wildman–Crippen LogP) is 1.88. The zero-order valence-corrected chi connectivity index (χ0v) is 10.1. The third-order valence-electron chi connectivity index (χ3n) is 5.66. The summed E-state index contributed by atoms with van der Waals surface area (Å²) in [7, 11) is 0. The molecule has 5 aliphatic rings. The number of hydrogen-bond acceptors (Lipinski definition) is 2. The highest BCUT2D eigenvalue weighted by molar-refractivity contribution is 5.03. The maximum atomic E-state index is 9.39. The van der Waals surface area contributed by atoms with Crippen LogP contribution in [0.1, 0.15) is 38.5 Å². The van der Waals surface area contributed by atoms with Crippen LogP contribution in [0.5, 0.6) is 0 Å². The van der Waals surface area contributed by atoms with Gasteiger partial charge < -0.3 is 5.11 Å². The lowest BCUT2D eigenvalue weighted by molar-refractivity contribution is -0.0963. The Bertz CT molecular complexity index is 260. The predicted molar refractivity (Wildman–Crippen MR) is 63.1 cm³/mol. The van der Waals surface area contributed by atoms with Gasteiger partial charge in [-0.1, -0.05) is 0 Å². The molecule has 0 amide bonds. The highest BCUT2D eigenvalue weighted by Crippen LogP contribution is 2.60. The molecule has 4 bridgehead atoms. The van der Waals surface area contributed by atoms with Gasteiger partial charge in [0.15, 0.2) is 0 Å². The molecule has 0 atom stereocenters.